The minimum Gasteiger partial charge on any atom is -1.00 e. The summed E-state index contributed by atoms with van der Waals surface area (Å²) in [6.07, 6.45) is 0.974. The van der Waals surface area contributed by atoms with Gasteiger partial charge in [-0.15, -0.1) is 0 Å². The molecule has 0 saturated heterocycles. The Morgan fingerprint density at radius 2 is 1.60 bits per heavy atom. The largest absolute Gasteiger partial charge is 1.00 e. The molecule has 3 N–H and O–H groups in total. The van der Waals surface area contributed by atoms with E-state index in [2.05, 4.69) is 5.32 Å². The van der Waals surface area contributed by atoms with Gasteiger partial charge in [0.2, 0.25) is 0 Å². The van der Waals surface area contributed by atoms with Crippen LogP contribution in [-0.4, -0.2) is 54.9 Å². The highest BCUT2D eigenvalue weighted by atomic mass is 35.5. The van der Waals surface area contributed by atoms with Crippen molar-refractivity contribution in [3.05, 3.63) is 0 Å². The number of rotatable bonds is 9. The molecule has 0 spiro atoms. The lowest BCUT2D eigenvalue weighted by molar-refractivity contribution is -0.655. The first-order chi connectivity index (χ1) is 6.74. The van der Waals surface area contributed by atoms with Crippen molar-refractivity contribution < 1.29 is 36.1 Å². The van der Waals surface area contributed by atoms with Crippen LogP contribution in [0.5, 0.6) is 0 Å². The first-order valence-electron chi connectivity index (χ1n) is 4.82. The van der Waals surface area contributed by atoms with Crippen molar-refractivity contribution in [3.8, 4) is 0 Å². The normalized spacial score (nSPS) is 11.2. The van der Waals surface area contributed by atoms with Gasteiger partial charge in [0.25, 0.3) is 0 Å². The first-order valence-corrected chi connectivity index (χ1v) is 6.76. The summed E-state index contributed by atoms with van der Waals surface area (Å²) in [5.41, 5.74) is 0. The van der Waals surface area contributed by atoms with Crippen molar-refractivity contribution in [1.82, 2.24) is 0 Å². The number of hydrogen-bond acceptors (Lipinski definition) is 4. The first kappa shape index (κ1) is 17.7. The van der Waals surface area contributed by atoms with Gasteiger partial charge >= 0.3 is 8.80 Å². The minimum absolute atomic E-state index is 0. The highest BCUT2D eigenvalue weighted by Crippen LogP contribution is 2.13. The molecule has 0 fully saturated rings. The Kier molecular flexibility index (Phi) is 12.8. The fraction of sp³-hybridized carbons (Fsp3) is 1.00. The fourth-order valence-corrected chi connectivity index (χ4v) is 3.00. The van der Waals surface area contributed by atoms with Crippen LogP contribution in [0.1, 0.15) is 6.42 Å². The number of aliphatic hydroxyl groups excluding tert-OH is 1. The second-order valence-electron chi connectivity index (χ2n) is 2.99. The third kappa shape index (κ3) is 7.23. The van der Waals surface area contributed by atoms with Crippen LogP contribution in [0.15, 0.2) is 0 Å². The van der Waals surface area contributed by atoms with Crippen LogP contribution >= 0.6 is 0 Å². The maximum absolute atomic E-state index is 8.57. The van der Waals surface area contributed by atoms with E-state index in [9.17, 15) is 0 Å². The van der Waals surface area contributed by atoms with Crippen molar-refractivity contribution in [2.45, 2.75) is 12.5 Å². The lowest BCUT2D eigenvalue weighted by Crippen LogP contribution is -3.00. The highest BCUT2D eigenvalue weighted by Gasteiger charge is 2.36. The summed E-state index contributed by atoms with van der Waals surface area (Å²) in [6, 6.07) is 0.818. The predicted octanol–water partition coefficient (Wildman–Crippen LogP) is -4.19. The molecule has 0 aromatic carbocycles. The smallest absolute Gasteiger partial charge is 0.500 e. The molecule has 0 atom stereocenters. The Balaban J connectivity index is 0. The lowest BCUT2D eigenvalue weighted by atomic mass is 10.5. The Morgan fingerprint density at radius 1 is 1.07 bits per heavy atom. The fourth-order valence-electron chi connectivity index (χ4n) is 1.25. The topological polar surface area (TPSA) is 64.5 Å². The van der Waals surface area contributed by atoms with Crippen molar-refractivity contribution in [2.24, 2.45) is 0 Å². The summed E-state index contributed by atoms with van der Waals surface area (Å²) in [6.45, 7) is 1.94. The van der Waals surface area contributed by atoms with Crippen LogP contribution in [0.4, 0.5) is 0 Å². The quantitative estimate of drug-likeness (QED) is 0.326. The molecule has 0 heterocycles. The van der Waals surface area contributed by atoms with E-state index < -0.39 is 8.80 Å². The zero-order valence-corrected chi connectivity index (χ0v) is 11.4. The van der Waals surface area contributed by atoms with Gasteiger partial charge < -0.3 is 36.1 Å². The molecule has 7 heteroatoms. The van der Waals surface area contributed by atoms with Gasteiger partial charge in [-0.3, -0.25) is 0 Å². The molecular weight excluding hydrogens is 238 g/mol. The van der Waals surface area contributed by atoms with E-state index in [0.717, 1.165) is 25.6 Å². The third-order valence-electron chi connectivity index (χ3n) is 2.16. The van der Waals surface area contributed by atoms with E-state index >= 15 is 0 Å². The minimum atomic E-state index is -2.36. The van der Waals surface area contributed by atoms with E-state index in [0.29, 0.717) is 0 Å². The van der Waals surface area contributed by atoms with Crippen LogP contribution < -0.4 is 17.7 Å². The maximum Gasteiger partial charge on any atom is 0.500 e. The van der Waals surface area contributed by atoms with Crippen LogP contribution in [0.2, 0.25) is 6.04 Å². The maximum atomic E-state index is 8.57. The SMILES string of the molecule is CO[Si](CCC[NH2+]CCO)(OC)OC.[Cl-]. The predicted molar refractivity (Wildman–Crippen MR) is 55.0 cm³/mol. The molecular formula is C8H22ClNO4Si. The van der Waals surface area contributed by atoms with Crippen molar-refractivity contribution >= 4 is 8.80 Å². The van der Waals surface area contributed by atoms with Gasteiger partial charge in [-0.25, -0.2) is 0 Å². The summed E-state index contributed by atoms with van der Waals surface area (Å²) in [7, 11) is 2.50. The van der Waals surface area contributed by atoms with Crippen molar-refractivity contribution in [1.29, 1.82) is 0 Å². The molecule has 0 rings (SSSR count). The van der Waals surface area contributed by atoms with E-state index in [-0.39, 0.29) is 19.0 Å². The highest BCUT2D eigenvalue weighted by molar-refractivity contribution is 6.60. The van der Waals surface area contributed by atoms with Gasteiger partial charge in [0.15, 0.2) is 0 Å². The summed E-state index contributed by atoms with van der Waals surface area (Å²) >= 11 is 0. The number of hydrogen-bond donors (Lipinski definition) is 2. The molecule has 0 saturated carbocycles. The van der Waals surface area contributed by atoms with Gasteiger partial charge in [0.1, 0.15) is 0 Å². The second-order valence-corrected chi connectivity index (χ2v) is 6.08. The number of quaternary nitrogens is 1. The van der Waals surface area contributed by atoms with Crippen LogP contribution in [0.25, 0.3) is 0 Å². The number of aliphatic hydroxyl groups is 1. The number of nitrogens with two attached hydrogens (primary N) is 1. The van der Waals surface area contributed by atoms with Crippen LogP contribution in [0.3, 0.4) is 0 Å². The lowest BCUT2D eigenvalue weighted by Gasteiger charge is -2.23. The Labute approximate surface area is 98.9 Å². The van der Waals surface area contributed by atoms with Gasteiger partial charge in [-0.05, 0) is 0 Å². The van der Waals surface area contributed by atoms with E-state index in [4.69, 9.17) is 18.4 Å². The molecule has 0 aliphatic heterocycles. The van der Waals surface area contributed by atoms with E-state index in [1.165, 1.54) is 0 Å². The molecule has 0 radical (unpaired) electrons. The summed E-state index contributed by atoms with van der Waals surface area (Å²) in [4.78, 5) is 0. The van der Waals surface area contributed by atoms with Gasteiger partial charge in [-0.2, -0.15) is 0 Å². The standard InChI is InChI=1S/C8H21NO4Si.ClH/c1-11-14(12-2,13-3)8-4-5-9-6-7-10;/h9-10H,4-8H2,1-3H3;1H. The molecule has 0 aromatic heterocycles. The molecule has 0 amide bonds. The molecule has 0 bridgehead atoms. The molecule has 0 aliphatic rings. The average molecular weight is 260 g/mol. The zero-order chi connectivity index (χ0) is 10.9. The van der Waals surface area contributed by atoms with Crippen molar-refractivity contribution in [2.75, 3.05) is 41.0 Å². The van der Waals surface area contributed by atoms with Gasteiger partial charge in [-0.1, -0.05) is 0 Å². The average Bonchev–Trinajstić information content (AvgIpc) is 2.24. The Hall–Kier alpha value is 0.307. The summed E-state index contributed by atoms with van der Waals surface area (Å²) in [5.74, 6) is 0. The Morgan fingerprint density at radius 3 is 2.00 bits per heavy atom. The summed E-state index contributed by atoms with van der Waals surface area (Å²) < 4.78 is 15.8. The molecule has 0 aromatic rings. The number of halogens is 1. The molecule has 15 heavy (non-hydrogen) atoms. The summed E-state index contributed by atoms with van der Waals surface area (Å²) in [5, 5.41) is 10.6. The molecule has 0 unspecified atom stereocenters. The van der Waals surface area contributed by atoms with E-state index in [1.807, 2.05) is 0 Å². The van der Waals surface area contributed by atoms with Crippen LogP contribution in [-0.2, 0) is 13.3 Å². The Bertz CT molecular complexity index is 130. The zero-order valence-electron chi connectivity index (χ0n) is 9.66. The van der Waals surface area contributed by atoms with Crippen molar-refractivity contribution in [3.63, 3.8) is 0 Å². The van der Waals surface area contributed by atoms with E-state index in [1.54, 1.807) is 21.3 Å². The van der Waals surface area contributed by atoms with Crippen LogP contribution in [0, 0.1) is 0 Å². The van der Waals surface area contributed by atoms with Gasteiger partial charge in [0, 0.05) is 33.8 Å². The third-order valence-corrected chi connectivity index (χ3v) is 4.99. The van der Waals surface area contributed by atoms with Gasteiger partial charge in [0.05, 0.1) is 19.7 Å². The molecule has 0 aliphatic carbocycles. The molecule has 94 valence electrons. The second kappa shape index (κ2) is 10.8. The monoisotopic (exact) mass is 259 g/mol. The molecule has 5 nitrogen and oxygen atoms in total.